The number of benzene rings is 1. The third-order valence-electron chi connectivity index (χ3n) is 7.12. The number of aliphatic hydroxyl groups is 2. The second-order valence-corrected chi connectivity index (χ2v) is 8.01. The highest BCUT2D eigenvalue weighted by atomic mass is 16.5. The normalized spacial score (nSPS) is 36.3. The molecule has 1 fully saturated rings. The minimum atomic E-state index is -1.30. The van der Waals surface area contributed by atoms with Gasteiger partial charge in [-0.2, -0.15) is 5.26 Å². The summed E-state index contributed by atoms with van der Waals surface area (Å²) >= 11 is 0. The molecule has 4 atom stereocenters. The number of aliphatic hydroxyl groups excluding tert-OH is 1. The fraction of sp³-hybridized carbons (Fsp3) is 0.571. The van der Waals surface area contributed by atoms with Crippen LogP contribution in [0.4, 0.5) is 0 Å². The van der Waals surface area contributed by atoms with Gasteiger partial charge < -0.3 is 14.9 Å². The van der Waals surface area contributed by atoms with Gasteiger partial charge >= 0.3 is 0 Å². The first-order valence-corrected chi connectivity index (χ1v) is 9.11. The molecule has 132 valence electrons. The van der Waals surface area contributed by atoms with Crippen molar-refractivity contribution < 1.29 is 14.9 Å². The highest BCUT2D eigenvalue weighted by Crippen LogP contribution is 2.62. The standard InChI is InChI=1S/C21H25NO3/c1-20-8-7-16-15-6-4-14(25-2)11-13(15)3-5-17(16)18(20)12-19(23)21(20,24)9-10-22/h4,6,11,18-19,23-24H,3,5,7-9,12H2,1-2H3/t18-,19+,20-,21-/m0/s1. The molecule has 0 spiro atoms. The van der Waals surface area contributed by atoms with E-state index < -0.39 is 17.1 Å². The molecule has 3 aliphatic rings. The third kappa shape index (κ3) is 2.12. The number of ether oxygens (including phenoxy) is 1. The van der Waals surface area contributed by atoms with Crippen LogP contribution in [0.1, 0.15) is 50.2 Å². The van der Waals surface area contributed by atoms with Crippen LogP contribution in [0, 0.1) is 22.7 Å². The summed E-state index contributed by atoms with van der Waals surface area (Å²) in [7, 11) is 1.69. The van der Waals surface area contributed by atoms with Gasteiger partial charge in [0.1, 0.15) is 11.4 Å². The Balaban J connectivity index is 1.79. The van der Waals surface area contributed by atoms with Gasteiger partial charge in [-0.05, 0) is 66.9 Å². The van der Waals surface area contributed by atoms with E-state index in [0.717, 1.165) is 31.4 Å². The number of allylic oxidation sites excluding steroid dienone is 2. The van der Waals surface area contributed by atoms with Crippen LogP contribution in [0.5, 0.6) is 5.75 Å². The summed E-state index contributed by atoms with van der Waals surface area (Å²) in [6, 6.07) is 8.39. The van der Waals surface area contributed by atoms with Crippen LogP contribution >= 0.6 is 0 Å². The van der Waals surface area contributed by atoms with Gasteiger partial charge in [-0.3, -0.25) is 0 Å². The van der Waals surface area contributed by atoms with Gasteiger partial charge in [-0.25, -0.2) is 0 Å². The highest BCUT2D eigenvalue weighted by Gasteiger charge is 2.63. The Bertz CT molecular complexity index is 793. The molecule has 1 saturated carbocycles. The quantitative estimate of drug-likeness (QED) is 0.868. The molecule has 0 saturated heterocycles. The number of rotatable bonds is 2. The van der Waals surface area contributed by atoms with Gasteiger partial charge in [0, 0.05) is 5.41 Å². The summed E-state index contributed by atoms with van der Waals surface area (Å²) < 4.78 is 5.36. The van der Waals surface area contributed by atoms with E-state index in [1.54, 1.807) is 7.11 Å². The maximum Gasteiger partial charge on any atom is 0.119 e. The Morgan fingerprint density at radius 2 is 2.12 bits per heavy atom. The van der Waals surface area contributed by atoms with E-state index in [4.69, 9.17) is 4.74 Å². The molecule has 0 aromatic heterocycles. The molecule has 0 heterocycles. The van der Waals surface area contributed by atoms with Crippen LogP contribution in [-0.2, 0) is 6.42 Å². The van der Waals surface area contributed by atoms with Crippen molar-refractivity contribution >= 4 is 5.57 Å². The summed E-state index contributed by atoms with van der Waals surface area (Å²) in [5, 5.41) is 30.9. The molecule has 0 amide bonds. The predicted octanol–water partition coefficient (Wildman–Crippen LogP) is 3.22. The van der Waals surface area contributed by atoms with E-state index in [0.29, 0.717) is 6.42 Å². The van der Waals surface area contributed by atoms with Gasteiger partial charge in [-0.15, -0.1) is 0 Å². The first-order chi connectivity index (χ1) is 11.9. The molecule has 4 nitrogen and oxygen atoms in total. The Labute approximate surface area is 148 Å². The summed E-state index contributed by atoms with van der Waals surface area (Å²) in [5.41, 5.74) is 3.68. The third-order valence-corrected chi connectivity index (χ3v) is 7.12. The summed E-state index contributed by atoms with van der Waals surface area (Å²) in [6.45, 7) is 2.07. The monoisotopic (exact) mass is 339 g/mol. The van der Waals surface area contributed by atoms with Gasteiger partial charge in [0.05, 0.1) is 25.7 Å². The van der Waals surface area contributed by atoms with Crippen LogP contribution in [0.2, 0.25) is 0 Å². The second kappa shape index (κ2) is 5.59. The van der Waals surface area contributed by atoms with Crippen molar-refractivity contribution in [2.45, 2.75) is 57.2 Å². The van der Waals surface area contributed by atoms with Crippen molar-refractivity contribution in [2.24, 2.45) is 11.3 Å². The van der Waals surface area contributed by atoms with Crippen molar-refractivity contribution in [3.63, 3.8) is 0 Å². The fourth-order valence-electron chi connectivity index (χ4n) is 5.57. The zero-order chi connectivity index (χ0) is 17.8. The topological polar surface area (TPSA) is 73.5 Å². The lowest BCUT2D eigenvalue weighted by molar-refractivity contribution is -0.122. The lowest BCUT2D eigenvalue weighted by Gasteiger charge is -2.48. The van der Waals surface area contributed by atoms with E-state index in [1.807, 2.05) is 6.07 Å². The number of hydrogen-bond donors (Lipinski definition) is 2. The Kier molecular flexibility index (Phi) is 3.72. The zero-order valence-corrected chi connectivity index (χ0v) is 14.9. The Hall–Kier alpha value is -1.83. The Morgan fingerprint density at radius 3 is 2.84 bits per heavy atom. The van der Waals surface area contributed by atoms with Gasteiger partial charge in [0.15, 0.2) is 0 Å². The van der Waals surface area contributed by atoms with Crippen molar-refractivity contribution in [2.75, 3.05) is 7.11 Å². The maximum absolute atomic E-state index is 11.2. The molecule has 1 aromatic rings. The SMILES string of the molecule is COc1ccc2c(c1)CCC1=C2CC[C@@]2(C)[C@H]1C[C@@H](O)[C@@]2(O)CC#N. The molecule has 4 heteroatoms. The largest absolute Gasteiger partial charge is 0.497 e. The van der Waals surface area contributed by atoms with E-state index >= 15 is 0 Å². The van der Waals surface area contributed by atoms with Gasteiger partial charge in [0.2, 0.25) is 0 Å². The zero-order valence-electron chi connectivity index (χ0n) is 14.9. The first kappa shape index (κ1) is 16.6. The van der Waals surface area contributed by atoms with E-state index in [-0.39, 0.29) is 12.3 Å². The van der Waals surface area contributed by atoms with Gasteiger partial charge in [0.25, 0.3) is 0 Å². The minimum Gasteiger partial charge on any atom is -0.497 e. The first-order valence-electron chi connectivity index (χ1n) is 9.11. The van der Waals surface area contributed by atoms with Crippen molar-refractivity contribution in [3.8, 4) is 11.8 Å². The van der Waals surface area contributed by atoms with Crippen LogP contribution in [0.15, 0.2) is 23.8 Å². The second-order valence-electron chi connectivity index (χ2n) is 8.01. The molecule has 3 aliphatic carbocycles. The minimum absolute atomic E-state index is 0.00241. The van der Waals surface area contributed by atoms with Crippen molar-refractivity contribution in [1.29, 1.82) is 5.26 Å². The summed E-state index contributed by atoms with van der Waals surface area (Å²) in [5.74, 6) is 1.04. The van der Waals surface area contributed by atoms with Crippen LogP contribution in [-0.4, -0.2) is 29.0 Å². The lowest BCUT2D eigenvalue weighted by Crippen LogP contribution is -2.51. The maximum atomic E-state index is 11.2. The van der Waals surface area contributed by atoms with Crippen LogP contribution in [0.25, 0.3) is 5.57 Å². The smallest absolute Gasteiger partial charge is 0.119 e. The summed E-state index contributed by atoms with van der Waals surface area (Å²) in [6.07, 6.45) is 3.34. The van der Waals surface area contributed by atoms with E-state index in [1.165, 1.54) is 22.3 Å². The summed E-state index contributed by atoms with van der Waals surface area (Å²) in [4.78, 5) is 0. The fourth-order valence-corrected chi connectivity index (χ4v) is 5.57. The molecule has 1 aromatic carbocycles. The number of nitriles is 1. The van der Waals surface area contributed by atoms with E-state index in [2.05, 4.69) is 25.1 Å². The molecular formula is C21H25NO3. The van der Waals surface area contributed by atoms with E-state index in [9.17, 15) is 15.5 Å². The molecule has 2 N–H and O–H groups in total. The van der Waals surface area contributed by atoms with Gasteiger partial charge in [-0.1, -0.05) is 18.6 Å². The average Bonchev–Trinajstić information content (AvgIpc) is 2.82. The van der Waals surface area contributed by atoms with Crippen molar-refractivity contribution in [3.05, 3.63) is 34.9 Å². The number of methoxy groups -OCH3 is 1. The number of aryl methyl sites for hydroxylation is 1. The number of nitrogens with zero attached hydrogens (tertiary/aromatic N) is 1. The lowest BCUT2D eigenvalue weighted by atomic mass is 9.58. The number of fused-ring (bicyclic) bond motifs is 4. The van der Waals surface area contributed by atoms with Crippen LogP contribution in [0.3, 0.4) is 0 Å². The number of hydrogen-bond acceptors (Lipinski definition) is 4. The molecule has 0 unspecified atom stereocenters. The molecular weight excluding hydrogens is 314 g/mol. The highest BCUT2D eigenvalue weighted by molar-refractivity contribution is 5.75. The molecule has 25 heavy (non-hydrogen) atoms. The van der Waals surface area contributed by atoms with Crippen LogP contribution < -0.4 is 4.74 Å². The average molecular weight is 339 g/mol. The van der Waals surface area contributed by atoms with Crippen molar-refractivity contribution in [1.82, 2.24) is 0 Å². The molecule has 4 rings (SSSR count). The molecule has 0 radical (unpaired) electrons. The predicted molar refractivity (Wildman–Crippen MR) is 94.9 cm³/mol. The molecule has 0 aliphatic heterocycles. The Morgan fingerprint density at radius 1 is 1.32 bits per heavy atom. The molecule has 0 bridgehead atoms.